The first-order valence-electron chi connectivity index (χ1n) is 7.81. The number of nitriles is 1. The third-order valence-electron chi connectivity index (χ3n) is 3.28. The molecule has 0 fully saturated rings. The quantitative estimate of drug-likeness (QED) is 0.720. The lowest BCUT2D eigenvalue weighted by molar-refractivity contribution is 0.401. The summed E-state index contributed by atoms with van der Waals surface area (Å²) in [6.07, 6.45) is 1.43. The zero-order chi connectivity index (χ0) is 19.5. The van der Waals surface area contributed by atoms with E-state index < -0.39 is 10.0 Å². The molecule has 0 radical (unpaired) electrons. The van der Waals surface area contributed by atoms with Crippen LogP contribution < -0.4 is 9.84 Å². The van der Waals surface area contributed by atoms with Gasteiger partial charge < -0.3 is 0 Å². The molecule has 0 spiro atoms. The van der Waals surface area contributed by atoms with Crippen LogP contribution in [0.2, 0.25) is 0 Å². The standard InChI is InChI=1S/C17H20BrN5O2S/c1-12-5-7-13(8-6-12)26(24,25)22-23(11-17(2,3)4)16-14(18)10-20-15(9-19)21-16/h5-8,10,22H,11H2,1-4H3. The zero-order valence-corrected chi connectivity index (χ0v) is 17.4. The van der Waals surface area contributed by atoms with Gasteiger partial charge in [0.1, 0.15) is 6.07 Å². The highest BCUT2D eigenvalue weighted by molar-refractivity contribution is 9.10. The Balaban J connectivity index is 2.46. The van der Waals surface area contributed by atoms with Crippen molar-refractivity contribution >= 4 is 31.8 Å². The Morgan fingerprint density at radius 3 is 2.42 bits per heavy atom. The lowest BCUT2D eigenvalue weighted by Gasteiger charge is -2.31. The lowest BCUT2D eigenvalue weighted by Crippen LogP contribution is -2.47. The first-order valence-corrected chi connectivity index (χ1v) is 10.1. The van der Waals surface area contributed by atoms with E-state index in [1.54, 1.807) is 24.3 Å². The van der Waals surface area contributed by atoms with Gasteiger partial charge in [0.25, 0.3) is 10.0 Å². The maximum atomic E-state index is 12.8. The Bertz CT molecular complexity index is 931. The van der Waals surface area contributed by atoms with Crippen LogP contribution in [0.15, 0.2) is 39.8 Å². The minimum Gasteiger partial charge on any atom is -0.277 e. The highest BCUT2D eigenvalue weighted by Crippen LogP contribution is 2.26. The molecule has 2 rings (SSSR count). The highest BCUT2D eigenvalue weighted by Gasteiger charge is 2.26. The van der Waals surface area contributed by atoms with Crippen molar-refractivity contribution in [3.05, 3.63) is 46.3 Å². The van der Waals surface area contributed by atoms with Crippen molar-refractivity contribution in [1.29, 1.82) is 5.26 Å². The molecule has 9 heteroatoms. The molecule has 1 N–H and O–H groups in total. The molecule has 26 heavy (non-hydrogen) atoms. The van der Waals surface area contributed by atoms with E-state index in [2.05, 4.69) is 30.7 Å². The molecule has 0 aliphatic carbocycles. The monoisotopic (exact) mass is 437 g/mol. The van der Waals surface area contributed by atoms with Crippen LogP contribution in [-0.2, 0) is 10.0 Å². The molecule has 1 aromatic carbocycles. The van der Waals surface area contributed by atoms with Crippen molar-refractivity contribution in [3.63, 3.8) is 0 Å². The van der Waals surface area contributed by atoms with E-state index in [1.165, 1.54) is 11.2 Å². The fraction of sp³-hybridized carbons (Fsp3) is 0.353. The molecule has 0 saturated carbocycles. The number of benzene rings is 1. The Morgan fingerprint density at radius 2 is 1.88 bits per heavy atom. The van der Waals surface area contributed by atoms with Crippen molar-refractivity contribution in [3.8, 4) is 6.07 Å². The van der Waals surface area contributed by atoms with Crippen LogP contribution >= 0.6 is 15.9 Å². The Hall–Kier alpha value is -2.02. The van der Waals surface area contributed by atoms with Gasteiger partial charge in [0.05, 0.1) is 9.37 Å². The van der Waals surface area contributed by atoms with Crippen LogP contribution in [0.1, 0.15) is 32.2 Å². The molecule has 0 amide bonds. The number of hydrogen-bond donors (Lipinski definition) is 1. The van der Waals surface area contributed by atoms with Crippen molar-refractivity contribution < 1.29 is 8.42 Å². The lowest BCUT2D eigenvalue weighted by atomic mass is 9.97. The number of nitrogens with zero attached hydrogens (tertiary/aromatic N) is 4. The van der Waals surface area contributed by atoms with Gasteiger partial charge >= 0.3 is 0 Å². The first kappa shape index (κ1) is 20.3. The summed E-state index contributed by atoms with van der Waals surface area (Å²) in [7, 11) is -3.82. The van der Waals surface area contributed by atoms with E-state index in [9.17, 15) is 8.42 Å². The van der Waals surface area contributed by atoms with Crippen LogP contribution in [0, 0.1) is 23.7 Å². The third-order valence-corrected chi connectivity index (χ3v) is 5.19. The van der Waals surface area contributed by atoms with Crippen molar-refractivity contribution in [2.45, 2.75) is 32.6 Å². The maximum Gasteiger partial charge on any atom is 0.257 e. The molecule has 0 bridgehead atoms. The maximum absolute atomic E-state index is 12.8. The smallest absolute Gasteiger partial charge is 0.257 e. The fourth-order valence-corrected chi connectivity index (χ4v) is 3.59. The second-order valence-corrected chi connectivity index (χ2v) is 9.55. The fourth-order valence-electron chi connectivity index (χ4n) is 2.14. The van der Waals surface area contributed by atoms with Crippen molar-refractivity contribution in [2.24, 2.45) is 5.41 Å². The van der Waals surface area contributed by atoms with Gasteiger partial charge in [-0.1, -0.05) is 38.5 Å². The van der Waals surface area contributed by atoms with Crippen LogP contribution in [0.4, 0.5) is 5.82 Å². The van der Waals surface area contributed by atoms with Gasteiger partial charge in [0.2, 0.25) is 5.82 Å². The van der Waals surface area contributed by atoms with Crippen LogP contribution in [0.5, 0.6) is 0 Å². The predicted octanol–water partition coefficient (Wildman–Crippen LogP) is 3.17. The van der Waals surface area contributed by atoms with Gasteiger partial charge in [0.15, 0.2) is 5.82 Å². The first-order chi connectivity index (χ1) is 12.0. The molecule has 0 atom stereocenters. The normalized spacial score (nSPS) is 11.8. The molecule has 138 valence electrons. The Kier molecular flexibility index (Phi) is 6.01. The molecular weight excluding hydrogens is 418 g/mol. The molecule has 1 heterocycles. The molecule has 0 aliphatic rings. The van der Waals surface area contributed by atoms with Gasteiger partial charge in [-0.2, -0.15) is 10.2 Å². The minimum absolute atomic E-state index is 0.0448. The molecular formula is C17H20BrN5O2S. The van der Waals surface area contributed by atoms with E-state index >= 15 is 0 Å². The number of hydrogen-bond acceptors (Lipinski definition) is 6. The predicted molar refractivity (Wildman–Crippen MR) is 103 cm³/mol. The summed E-state index contributed by atoms with van der Waals surface area (Å²) < 4.78 is 26.1. The number of hydrazine groups is 1. The van der Waals surface area contributed by atoms with E-state index in [0.717, 1.165) is 5.56 Å². The second kappa shape index (κ2) is 7.70. The molecule has 7 nitrogen and oxygen atoms in total. The number of rotatable bonds is 5. The van der Waals surface area contributed by atoms with Gasteiger partial charge in [0, 0.05) is 12.7 Å². The number of nitrogens with one attached hydrogen (secondary N) is 1. The van der Waals surface area contributed by atoms with Gasteiger partial charge in [-0.3, -0.25) is 5.01 Å². The van der Waals surface area contributed by atoms with Crippen LogP contribution in [-0.4, -0.2) is 24.9 Å². The molecule has 0 unspecified atom stereocenters. The Morgan fingerprint density at radius 1 is 1.27 bits per heavy atom. The molecule has 1 aromatic heterocycles. The number of aromatic nitrogens is 2. The van der Waals surface area contributed by atoms with Crippen LogP contribution in [0.25, 0.3) is 0 Å². The van der Waals surface area contributed by atoms with Gasteiger partial charge in [-0.15, -0.1) is 4.83 Å². The summed E-state index contributed by atoms with van der Waals surface area (Å²) in [4.78, 5) is 10.7. The SMILES string of the molecule is Cc1ccc(S(=O)(=O)NN(CC(C)(C)C)c2nc(C#N)ncc2Br)cc1. The van der Waals surface area contributed by atoms with E-state index in [1.807, 2.05) is 33.8 Å². The van der Waals surface area contributed by atoms with E-state index in [0.29, 0.717) is 11.0 Å². The zero-order valence-electron chi connectivity index (χ0n) is 15.0. The van der Waals surface area contributed by atoms with Crippen molar-refractivity contribution in [2.75, 3.05) is 11.6 Å². The topological polar surface area (TPSA) is 99.0 Å². The van der Waals surface area contributed by atoms with E-state index in [4.69, 9.17) is 5.26 Å². The van der Waals surface area contributed by atoms with E-state index in [-0.39, 0.29) is 22.0 Å². The minimum atomic E-state index is -3.82. The summed E-state index contributed by atoms with van der Waals surface area (Å²) in [6.45, 7) is 8.14. The summed E-state index contributed by atoms with van der Waals surface area (Å²) in [5.74, 6) is 0.235. The largest absolute Gasteiger partial charge is 0.277 e. The number of aryl methyl sites for hydroxylation is 1. The summed E-state index contributed by atoms with van der Waals surface area (Å²) in [5.41, 5.74) is 0.722. The summed E-state index contributed by atoms with van der Waals surface area (Å²) in [5, 5.41) is 10.5. The summed E-state index contributed by atoms with van der Waals surface area (Å²) >= 11 is 3.33. The number of anilines is 1. The third kappa shape index (κ3) is 5.24. The number of sulfonamides is 1. The highest BCUT2D eigenvalue weighted by atomic mass is 79.9. The number of halogens is 1. The molecule has 0 aliphatic heterocycles. The van der Waals surface area contributed by atoms with Crippen molar-refractivity contribution in [1.82, 2.24) is 14.8 Å². The Labute approximate surface area is 162 Å². The van der Waals surface area contributed by atoms with Crippen LogP contribution in [0.3, 0.4) is 0 Å². The molecule has 2 aromatic rings. The average Bonchev–Trinajstić information content (AvgIpc) is 2.53. The van der Waals surface area contributed by atoms with Gasteiger partial charge in [-0.25, -0.2) is 13.4 Å². The second-order valence-electron chi connectivity index (χ2n) is 7.03. The average molecular weight is 438 g/mol. The molecule has 0 saturated heterocycles. The summed E-state index contributed by atoms with van der Waals surface area (Å²) in [6, 6.07) is 8.42. The van der Waals surface area contributed by atoms with Gasteiger partial charge in [-0.05, 0) is 40.4 Å².